The molecule has 0 heterocycles. The predicted molar refractivity (Wildman–Crippen MR) is 84.5 cm³/mol. The van der Waals surface area contributed by atoms with Crippen molar-refractivity contribution in [3.8, 4) is 0 Å². The van der Waals surface area contributed by atoms with Crippen molar-refractivity contribution in [3.63, 3.8) is 0 Å². The molecular weight excluding hydrogens is 252 g/mol. The number of rotatable bonds is 14. The Hall–Kier alpha value is -0.380. The molecule has 0 aliphatic heterocycles. The third-order valence-electron chi connectivity index (χ3n) is 3.59. The Labute approximate surface area is 124 Å². The summed E-state index contributed by atoms with van der Waals surface area (Å²) in [7, 11) is 0. The summed E-state index contributed by atoms with van der Waals surface area (Å²) in [5.41, 5.74) is 0. The number of unbranched alkanes of at least 4 members (excludes halogenated alkanes) is 11. The summed E-state index contributed by atoms with van der Waals surface area (Å²) in [5, 5.41) is 26.9. The zero-order valence-electron chi connectivity index (χ0n) is 13.2. The maximum Gasteiger partial charge on any atom is 0.206 e. The first kappa shape index (κ1) is 19.6. The minimum atomic E-state index is -2.04. The van der Waals surface area contributed by atoms with Crippen LogP contribution < -0.4 is 0 Å². The predicted octanol–water partition coefficient (Wildman–Crippen LogP) is 3.92. The molecule has 0 spiro atoms. The third kappa shape index (κ3) is 14.0. The summed E-state index contributed by atoms with van der Waals surface area (Å²) in [6, 6.07) is 0. The SMILES string of the molecule is CCCCCCCCCCCCCC=CC(O)(O)CO. The molecule has 0 saturated heterocycles. The average Bonchev–Trinajstić information content (AvgIpc) is 2.44. The molecule has 20 heavy (non-hydrogen) atoms. The standard InChI is InChI=1S/C17H34O3/c1-2-3-4-5-6-7-8-9-10-11-12-13-14-15-17(19,20)16-18/h14-15,18-20H,2-13,16H2,1H3. The highest BCUT2D eigenvalue weighted by molar-refractivity contribution is 4.93. The number of hydrogen-bond donors (Lipinski definition) is 3. The highest BCUT2D eigenvalue weighted by atomic mass is 16.5. The lowest BCUT2D eigenvalue weighted by atomic mass is 10.1. The van der Waals surface area contributed by atoms with Crippen LogP contribution in [0.3, 0.4) is 0 Å². The first-order chi connectivity index (χ1) is 9.62. The Morgan fingerprint density at radius 2 is 1.20 bits per heavy atom. The molecule has 0 radical (unpaired) electrons. The highest BCUT2D eigenvalue weighted by Crippen LogP contribution is 2.12. The molecule has 0 saturated carbocycles. The van der Waals surface area contributed by atoms with E-state index in [1.54, 1.807) is 6.08 Å². The molecule has 0 rings (SSSR count). The van der Waals surface area contributed by atoms with Crippen LogP contribution in [0.25, 0.3) is 0 Å². The van der Waals surface area contributed by atoms with Crippen molar-refractivity contribution >= 4 is 0 Å². The van der Waals surface area contributed by atoms with Gasteiger partial charge < -0.3 is 15.3 Å². The Kier molecular flexibility index (Phi) is 13.3. The van der Waals surface area contributed by atoms with Crippen LogP contribution in [0.1, 0.15) is 84.0 Å². The van der Waals surface area contributed by atoms with E-state index in [9.17, 15) is 0 Å². The summed E-state index contributed by atoms with van der Waals surface area (Å²) in [6.07, 6.45) is 18.3. The molecule has 0 aromatic carbocycles. The second kappa shape index (κ2) is 13.6. The van der Waals surface area contributed by atoms with E-state index in [4.69, 9.17) is 15.3 Å². The van der Waals surface area contributed by atoms with E-state index in [0.717, 1.165) is 12.8 Å². The van der Waals surface area contributed by atoms with Gasteiger partial charge in [-0.2, -0.15) is 0 Å². The zero-order chi connectivity index (χ0) is 15.1. The molecule has 0 amide bonds. The monoisotopic (exact) mass is 286 g/mol. The van der Waals surface area contributed by atoms with E-state index < -0.39 is 12.4 Å². The lowest BCUT2D eigenvalue weighted by Gasteiger charge is -2.12. The minimum absolute atomic E-state index is 0.651. The van der Waals surface area contributed by atoms with Crippen molar-refractivity contribution in [3.05, 3.63) is 12.2 Å². The Balaban J connectivity index is 3.17. The van der Waals surface area contributed by atoms with Gasteiger partial charge in [0.15, 0.2) is 0 Å². The van der Waals surface area contributed by atoms with Gasteiger partial charge in [-0.1, -0.05) is 77.2 Å². The van der Waals surface area contributed by atoms with E-state index in [1.165, 1.54) is 70.3 Å². The number of hydrogen-bond acceptors (Lipinski definition) is 3. The zero-order valence-corrected chi connectivity index (χ0v) is 13.2. The third-order valence-corrected chi connectivity index (χ3v) is 3.59. The summed E-state index contributed by atoms with van der Waals surface area (Å²) >= 11 is 0. The first-order valence-corrected chi connectivity index (χ1v) is 8.35. The van der Waals surface area contributed by atoms with Gasteiger partial charge in [-0.05, 0) is 18.9 Å². The largest absolute Gasteiger partial charge is 0.390 e. The van der Waals surface area contributed by atoms with Crippen molar-refractivity contribution < 1.29 is 15.3 Å². The van der Waals surface area contributed by atoms with Crippen LogP contribution in [0, 0.1) is 0 Å². The van der Waals surface area contributed by atoms with Gasteiger partial charge in [0.1, 0.15) is 6.61 Å². The fourth-order valence-corrected chi connectivity index (χ4v) is 2.25. The van der Waals surface area contributed by atoms with Gasteiger partial charge in [0.2, 0.25) is 5.79 Å². The van der Waals surface area contributed by atoms with Crippen molar-refractivity contribution in [1.29, 1.82) is 0 Å². The lowest BCUT2D eigenvalue weighted by Crippen LogP contribution is -2.29. The summed E-state index contributed by atoms with van der Waals surface area (Å²) < 4.78 is 0. The quantitative estimate of drug-likeness (QED) is 0.258. The van der Waals surface area contributed by atoms with Gasteiger partial charge >= 0.3 is 0 Å². The molecule has 0 aromatic heterocycles. The molecule has 0 bridgehead atoms. The van der Waals surface area contributed by atoms with Gasteiger partial charge in [0, 0.05) is 0 Å². The minimum Gasteiger partial charge on any atom is -0.390 e. The van der Waals surface area contributed by atoms with Crippen molar-refractivity contribution in [2.24, 2.45) is 0 Å². The molecular formula is C17H34O3. The van der Waals surface area contributed by atoms with E-state index in [1.807, 2.05) is 0 Å². The normalized spacial score (nSPS) is 12.4. The topological polar surface area (TPSA) is 60.7 Å². The number of aliphatic hydroxyl groups is 3. The van der Waals surface area contributed by atoms with Crippen LogP contribution in [0.4, 0.5) is 0 Å². The molecule has 3 heteroatoms. The molecule has 0 aliphatic carbocycles. The van der Waals surface area contributed by atoms with Crippen LogP contribution in [-0.4, -0.2) is 27.7 Å². The fraction of sp³-hybridized carbons (Fsp3) is 0.882. The summed E-state index contributed by atoms with van der Waals surface area (Å²) in [5.74, 6) is -2.04. The second-order valence-electron chi connectivity index (χ2n) is 5.76. The van der Waals surface area contributed by atoms with Crippen molar-refractivity contribution in [2.75, 3.05) is 6.61 Å². The van der Waals surface area contributed by atoms with Gasteiger partial charge in [-0.25, -0.2) is 0 Å². The smallest absolute Gasteiger partial charge is 0.206 e. The van der Waals surface area contributed by atoms with Crippen LogP contribution >= 0.6 is 0 Å². The molecule has 0 aromatic rings. The van der Waals surface area contributed by atoms with Crippen LogP contribution in [0.15, 0.2) is 12.2 Å². The molecule has 0 aliphatic rings. The summed E-state index contributed by atoms with van der Waals surface area (Å²) in [6.45, 7) is 1.60. The van der Waals surface area contributed by atoms with Crippen molar-refractivity contribution in [1.82, 2.24) is 0 Å². The molecule has 0 unspecified atom stereocenters. The number of allylic oxidation sites excluding steroid dienone is 1. The van der Waals surface area contributed by atoms with E-state index in [-0.39, 0.29) is 0 Å². The Morgan fingerprint density at radius 1 is 0.750 bits per heavy atom. The van der Waals surface area contributed by atoms with E-state index >= 15 is 0 Å². The highest BCUT2D eigenvalue weighted by Gasteiger charge is 2.15. The van der Waals surface area contributed by atoms with Gasteiger partial charge in [0.25, 0.3) is 0 Å². The molecule has 0 atom stereocenters. The lowest BCUT2D eigenvalue weighted by molar-refractivity contribution is -0.146. The van der Waals surface area contributed by atoms with Gasteiger partial charge in [-0.15, -0.1) is 0 Å². The van der Waals surface area contributed by atoms with E-state index in [2.05, 4.69) is 6.92 Å². The maximum absolute atomic E-state index is 9.12. The summed E-state index contributed by atoms with van der Waals surface area (Å²) in [4.78, 5) is 0. The Bertz CT molecular complexity index is 224. The van der Waals surface area contributed by atoms with E-state index in [0.29, 0.717) is 0 Å². The van der Waals surface area contributed by atoms with Crippen LogP contribution in [-0.2, 0) is 0 Å². The fourth-order valence-electron chi connectivity index (χ4n) is 2.25. The van der Waals surface area contributed by atoms with Gasteiger partial charge in [0.05, 0.1) is 0 Å². The van der Waals surface area contributed by atoms with Crippen molar-refractivity contribution in [2.45, 2.75) is 89.8 Å². The molecule has 120 valence electrons. The maximum atomic E-state index is 9.12. The van der Waals surface area contributed by atoms with Crippen LogP contribution in [0.2, 0.25) is 0 Å². The first-order valence-electron chi connectivity index (χ1n) is 8.35. The average molecular weight is 286 g/mol. The number of aliphatic hydroxyl groups excluding tert-OH is 1. The second-order valence-corrected chi connectivity index (χ2v) is 5.76. The molecule has 3 N–H and O–H groups in total. The molecule has 3 nitrogen and oxygen atoms in total. The Morgan fingerprint density at radius 3 is 1.65 bits per heavy atom. The van der Waals surface area contributed by atoms with Gasteiger partial charge in [-0.3, -0.25) is 0 Å². The molecule has 0 fully saturated rings. The van der Waals surface area contributed by atoms with Crippen LogP contribution in [0.5, 0.6) is 0 Å².